The van der Waals surface area contributed by atoms with Crippen LogP contribution in [0.15, 0.2) is 52.4 Å². The monoisotopic (exact) mass is 305 g/mol. The normalized spacial score (nSPS) is 11.2. The lowest BCUT2D eigenvalue weighted by Crippen LogP contribution is -1.98. The van der Waals surface area contributed by atoms with E-state index in [1.807, 2.05) is 24.3 Å². The Kier molecular flexibility index (Phi) is 3.54. The predicted molar refractivity (Wildman–Crippen MR) is 78.6 cm³/mol. The molecular weight excluding hydrogens is 298 g/mol. The van der Waals surface area contributed by atoms with Crippen LogP contribution in [0.3, 0.4) is 0 Å². The highest BCUT2D eigenvalue weighted by Crippen LogP contribution is 2.35. The molecule has 0 atom stereocenters. The average Bonchev–Trinajstić information content (AvgIpc) is 3.08. The summed E-state index contributed by atoms with van der Waals surface area (Å²) in [6.45, 7) is 0. The van der Waals surface area contributed by atoms with Crippen molar-refractivity contribution >= 4 is 45.2 Å². The minimum atomic E-state index is -0.573. The first-order chi connectivity index (χ1) is 9.75. The minimum absolute atomic E-state index is 0.345. The van der Waals surface area contributed by atoms with E-state index in [0.717, 1.165) is 10.1 Å². The molecule has 20 heavy (non-hydrogen) atoms. The molecule has 2 aromatic heterocycles. The fourth-order valence-corrected chi connectivity index (χ4v) is 3.05. The van der Waals surface area contributed by atoms with Crippen molar-refractivity contribution in [2.75, 3.05) is 0 Å². The lowest BCUT2D eigenvalue weighted by atomic mass is 10.2. The number of benzene rings is 1. The molecule has 1 aromatic carbocycles. The largest absolute Gasteiger partial charge is 0.472 e. The fourth-order valence-electron chi connectivity index (χ4n) is 1.67. The second kappa shape index (κ2) is 5.48. The third-order valence-electron chi connectivity index (χ3n) is 2.60. The van der Waals surface area contributed by atoms with Crippen molar-refractivity contribution in [3.05, 3.63) is 58.3 Å². The van der Waals surface area contributed by atoms with Crippen LogP contribution in [0.5, 0.6) is 0 Å². The number of hydrogen-bond acceptors (Lipinski definition) is 5. The van der Waals surface area contributed by atoms with Crippen LogP contribution in [0, 0.1) is 0 Å². The summed E-state index contributed by atoms with van der Waals surface area (Å²) in [4.78, 5) is 17.1. The molecule has 0 N–H and O–H groups in total. The maximum Gasteiger partial charge on any atom is 0.377 e. The zero-order valence-electron chi connectivity index (χ0n) is 10.1. The van der Waals surface area contributed by atoms with E-state index in [-0.39, 0.29) is 0 Å². The molecule has 0 radical (unpaired) electrons. The van der Waals surface area contributed by atoms with Crippen molar-refractivity contribution in [2.24, 2.45) is 5.16 Å². The van der Waals surface area contributed by atoms with Gasteiger partial charge in [-0.25, -0.2) is 4.79 Å². The summed E-state index contributed by atoms with van der Waals surface area (Å²) in [5, 5.41) is 4.85. The van der Waals surface area contributed by atoms with Gasteiger partial charge >= 0.3 is 5.97 Å². The number of fused-ring (bicyclic) bond motifs is 1. The molecule has 0 spiro atoms. The first kappa shape index (κ1) is 12.9. The number of thiophene rings is 1. The molecule has 0 aliphatic rings. The summed E-state index contributed by atoms with van der Waals surface area (Å²) >= 11 is 7.45. The van der Waals surface area contributed by atoms with E-state index in [0.29, 0.717) is 15.5 Å². The SMILES string of the molecule is O=C(O/N=C/c1ccoc1)c1sc2ccccc2c1Cl. The highest BCUT2D eigenvalue weighted by Gasteiger charge is 2.18. The van der Waals surface area contributed by atoms with E-state index >= 15 is 0 Å². The van der Waals surface area contributed by atoms with Crippen molar-refractivity contribution in [2.45, 2.75) is 0 Å². The van der Waals surface area contributed by atoms with Gasteiger partial charge in [-0.05, 0) is 12.1 Å². The number of hydrogen-bond donors (Lipinski definition) is 0. The molecule has 0 aliphatic heterocycles. The second-order valence-electron chi connectivity index (χ2n) is 3.91. The number of carbonyl (C=O) groups is 1. The standard InChI is InChI=1S/C14H8ClNO3S/c15-12-10-3-1-2-4-11(10)20-13(12)14(17)19-16-7-9-5-6-18-8-9/h1-8H/b16-7+. The van der Waals surface area contributed by atoms with E-state index in [9.17, 15) is 4.79 Å². The van der Waals surface area contributed by atoms with Crippen LogP contribution in [0.4, 0.5) is 0 Å². The van der Waals surface area contributed by atoms with Crippen LogP contribution < -0.4 is 0 Å². The van der Waals surface area contributed by atoms with Gasteiger partial charge in [-0.3, -0.25) is 0 Å². The Morgan fingerprint density at radius 2 is 2.20 bits per heavy atom. The van der Waals surface area contributed by atoms with Gasteiger partial charge in [0.25, 0.3) is 0 Å². The van der Waals surface area contributed by atoms with Gasteiger partial charge in [0.15, 0.2) is 0 Å². The van der Waals surface area contributed by atoms with Crippen LogP contribution in [0.2, 0.25) is 5.02 Å². The molecule has 4 nitrogen and oxygen atoms in total. The third kappa shape index (κ3) is 2.45. The van der Waals surface area contributed by atoms with Crippen LogP contribution >= 0.6 is 22.9 Å². The first-order valence-corrected chi connectivity index (χ1v) is 6.89. The van der Waals surface area contributed by atoms with Crippen LogP contribution in [-0.2, 0) is 4.84 Å². The fraction of sp³-hybridized carbons (Fsp3) is 0. The molecule has 0 bridgehead atoms. The topological polar surface area (TPSA) is 51.8 Å². The minimum Gasteiger partial charge on any atom is -0.472 e. The smallest absolute Gasteiger partial charge is 0.377 e. The summed E-state index contributed by atoms with van der Waals surface area (Å²) in [6.07, 6.45) is 4.39. The number of carbonyl (C=O) groups excluding carboxylic acids is 1. The highest BCUT2D eigenvalue weighted by molar-refractivity contribution is 7.21. The van der Waals surface area contributed by atoms with Gasteiger partial charge in [0.2, 0.25) is 0 Å². The molecule has 3 aromatic rings. The molecule has 0 unspecified atom stereocenters. The Bertz CT molecular complexity index is 777. The van der Waals surface area contributed by atoms with E-state index < -0.39 is 5.97 Å². The van der Waals surface area contributed by atoms with E-state index in [4.69, 9.17) is 20.9 Å². The Labute approximate surface area is 123 Å². The van der Waals surface area contributed by atoms with Gasteiger partial charge in [-0.2, -0.15) is 0 Å². The Morgan fingerprint density at radius 3 is 2.95 bits per heavy atom. The number of halogens is 1. The van der Waals surface area contributed by atoms with E-state index in [1.165, 1.54) is 30.1 Å². The summed E-state index contributed by atoms with van der Waals surface area (Å²) in [6, 6.07) is 9.22. The predicted octanol–water partition coefficient (Wildman–Crippen LogP) is 4.34. The summed E-state index contributed by atoms with van der Waals surface area (Å²) in [5.74, 6) is -0.573. The van der Waals surface area contributed by atoms with Gasteiger partial charge < -0.3 is 9.25 Å². The maximum absolute atomic E-state index is 11.9. The summed E-state index contributed by atoms with van der Waals surface area (Å²) in [7, 11) is 0. The Hall–Kier alpha value is -2.11. The van der Waals surface area contributed by atoms with Crippen LogP contribution in [0.1, 0.15) is 15.2 Å². The molecule has 0 saturated carbocycles. The molecule has 0 aliphatic carbocycles. The number of rotatable bonds is 3. The molecular formula is C14H8ClNO3S. The zero-order valence-corrected chi connectivity index (χ0v) is 11.6. The number of oxime groups is 1. The summed E-state index contributed by atoms with van der Waals surface area (Å²) in [5.41, 5.74) is 0.709. The molecule has 0 saturated heterocycles. The van der Waals surface area contributed by atoms with Gasteiger partial charge in [0.1, 0.15) is 4.88 Å². The first-order valence-electron chi connectivity index (χ1n) is 5.69. The van der Waals surface area contributed by atoms with Crippen LogP contribution in [0.25, 0.3) is 10.1 Å². The van der Waals surface area contributed by atoms with Crippen molar-refractivity contribution in [3.8, 4) is 0 Å². The Balaban J connectivity index is 1.80. The lowest BCUT2D eigenvalue weighted by Gasteiger charge is -1.94. The van der Waals surface area contributed by atoms with Crippen molar-refractivity contribution in [1.29, 1.82) is 0 Å². The number of nitrogens with zero attached hydrogens (tertiary/aromatic N) is 1. The van der Waals surface area contributed by atoms with E-state index in [2.05, 4.69) is 5.16 Å². The van der Waals surface area contributed by atoms with Gasteiger partial charge in [-0.1, -0.05) is 35.0 Å². The van der Waals surface area contributed by atoms with E-state index in [1.54, 1.807) is 6.07 Å². The van der Waals surface area contributed by atoms with Crippen molar-refractivity contribution in [3.63, 3.8) is 0 Å². The second-order valence-corrected chi connectivity index (χ2v) is 5.34. The molecule has 0 amide bonds. The van der Waals surface area contributed by atoms with Gasteiger partial charge in [0.05, 0.1) is 23.8 Å². The van der Waals surface area contributed by atoms with Crippen molar-refractivity contribution < 1.29 is 14.0 Å². The third-order valence-corrected chi connectivity index (χ3v) is 4.26. The molecule has 3 rings (SSSR count). The molecule has 0 fully saturated rings. The molecule has 100 valence electrons. The highest BCUT2D eigenvalue weighted by atomic mass is 35.5. The molecule has 6 heteroatoms. The molecule has 2 heterocycles. The zero-order chi connectivity index (χ0) is 13.9. The Morgan fingerprint density at radius 1 is 1.35 bits per heavy atom. The van der Waals surface area contributed by atoms with Crippen molar-refractivity contribution in [1.82, 2.24) is 0 Å². The van der Waals surface area contributed by atoms with Gasteiger partial charge in [-0.15, -0.1) is 11.3 Å². The maximum atomic E-state index is 11.9. The van der Waals surface area contributed by atoms with Crippen LogP contribution in [-0.4, -0.2) is 12.2 Å². The number of furan rings is 1. The lowest BCUT2D eigenvalue weighted by molar-refractivity contribution is 0.0525. The summed E-state index contributed by atoms with van der Waals surface area (Å²) < 4.78 is 5.80. The average molecular weight is 306 g/mol. The van der Waals surface area contributed by atoms with Gasteiger partial charge in [0, 0.05) is 15.6 Å². The quantitative estimate of drug-likeness (QED) is 0.411.